The number of nitrogens with one attached hydrogen (secondary N) is 1. The fraction of sp³-hybridized carbons (Fsp3) is 0.286. The Hall–Kier alpha value is -2.09. The third-order valence-electron chi connectivity index (χ3n) is 1.85. The fourth-order valence-electron chi connectivity index (χ4n) is 1.17. The third-order valence-corrected chi connectivity index (χ3v) is 1.85. The molecule has 2 aromatic heterocycles. The SMILES string of the molecule is Nc1c2[nH]cnc2nc(=NCCO)n1O. The highest BCUT2D eigenvalue weighted by Gasteiger charge is 2.07. The maximum absolute atomic E-state index is 9.55. The summed E-state index contributed by atoms with van der Waals surface area (Å²) in [7, 11) is 0. The van der Waals surface area contributed by atoms with Crippen LogP contribution in [0, 0.1) is 0 Å². The Morgan fingerprint density at radius 3 is 3.13 bits per heavy atom. The van der Waals surface area contributed by atoms with Gasteiger partial charge in [0.1, 0.15) is 5.52 Å². The molecule has 2 rings (SSSR count). The minimum atomic E-state index is -0.125. The number of rotatable bonds is 2. The molecular weight excluding hydrogens is 200 g/mol. The van der Waals surface area contributed by atoms with Gasteiger partial charge in [-0.05, 0) is 0 Å². The van der Waals surface area contributed by atoms with Crippen LogP contribution in [0.25, 0.3) is 11.2 Å². The van der Waals surface area contributed by atoms with Crippen molar-refractivity contribution in [3.63, 3.8) is 0 Å². The van der Waals surface area contributed by atoms with Crippen molar-refractivity contribution in [2.24, 2.45) is 4.99 Å². The van der Waals surface area contributed by atoms with E-state index in [-0.39, 0.29) is 24.6 Å². The molecule has 0 amide bonds. The molecule has 0 bridgehead atoms. The van der Waals surface area contributed by atoms with Gasteiger partial charge in [-0.15, -0.1) is 4.73 Å². The summed E-state index contributed by atoms with van der Waals surface area (Å²) in [6, 6.07) is 0. The monoisotopic (exact) mass is 210 g/mol. The Bertz CT molecular complexity index is 542. The summed E-state index contributed by atoms with van der Waals surface area (Å²) in [5.74, 6) is 0.0780. The second kappa shape index (κ2) is 3.58. The molecule has 0 aromatic carbocycles. The average Bonchev–Trinajstić information content (AvgIpc) is 2.69. The van der Waals surface area contributed by atoms with Gasteiger partial charge in [0, 0.05) is 0 Å². The van der Waals surface area contributed by atoms with E-state index in [9.17, 15) is 5.21 Å². The molecule has 8 nitrogen and oxygen atoms in total. The molecule has 0 radical (unpaired) electrons. The summed E-state index contributed by atoms with van der Waals surface area (Å²) in [6.07, 6.45) is 1.42. The van der Waals surface area contributed by atoms with E-state index in [1.165, 1.54) is 6.33 Å². The number of anilines is 1. The zero-order valence-corrected chi connectivity index (χ0v) is 7.75. The van der Waals surface area contributed by atoms with Gasteiger partial charge in [0.05, 0.1) is 19.5 Å². The van der Waals surface area contributed by atoms with Crippen LogP contribution in [-0.4, -0.2) is 43.1 Å². The third kappa shape index (κ3) is 1.50. The molecule has 15 heavy (non-hydrogen) atoms. The number of H-pyrrole nitrogens is 1. The van der Waals surface area contributed by atoms with Crippen molar-refractivity contribution in [1.29, 1.82) is 0 Å². The molecule has 0 fully saturated rings. The van der Waals surface area contributed by atoms with Crippen LogP contribution in [0.4, 0.5) is 5.82 Å². The molecule has 0 spiro atoms. The minimum Gasteiger partial charge on any atom is -0.423 e. The lowest BCUT2D eigenvalue weighted by molar-refractivity contribution is 0.173. The number of nitrogens with zero attached hydrogens (tertiary/aromatic N) is 4. The molecule has 0 aliphatic rings. The molecule has 0 unspecified atom stereocenters. The molecule has 0 atom stereocenters. The van der Waals surface area contributed by atoms with Crippen LogP contribution in [0.15, 0.2) is 11.3 Å². The molecule has 0 aliphatic heterocycles. The summed E-state index contributed by atoms with van der Waals surface area (Å²) in [5.41, 5.74) is 6.44. The molecule has 0 saturated heterocycles. The van der Waals surface area contributed by atoms with Crippen molar-refractivity contribution < 1.29 is 10.3 Å². The van der Waals surface area contributed by atoms with Gasteiger partial charge in [-0.25, -0.2) is 9.98 Å². The van der Waals surface area contributed by atoms with Crippen LogP contribution in [-0.2, 0) is 0 Å². The highest BCUT2D eigenvalue weighted by atomic mass is 16.5. The summed E-state index contributed by atoms with van der Waals surface area (Å²) in [6.45, 7) is 0.0170. The first kappa shape index (κ1) is 9.46. The Morgan fingerprint density at radius 1 is 1.60 bits per heavy atom. The first-order valence-electron chi connectivity index (χ1n) is 4.26. The van der Waals surface area contributed by atoms with Crippen molar-refractivity contribution in [3.8, 4) is 0 Å². The number of aliphatic hydroxyl groups excluding tert-OH is 1. The van der Waals surface area contributed by atoms with E-state index in [1.807, 2.05) is 0 Å². The second-order valence-corrected chi connectivity index (χ2v) is 2.82. The lowest BCUT2D eigenvalue weighted by Gasteiger charge is -2.02. The van der Waals surface area contributed by atoms with E-state index >= 15 is 0 Å². The van der Waals surface area contributed by atoms with Crippen LogP contribution in [0.3, 0.4) is 0 Å². The smallest absolute Gasteiger partial charge is 0.262 e. The van der Waals surface area contributed by atoms with Crippen molar-refractivity contribution in [2.45, 2.75) is 0 Å². The maximum atomic E-state index is 9.55. The number of aromatic amines is 1. The van der Waals surface area contributed by atoms with Crippen molar-refractivity contribution in [1.82, 2.24) is 19.7 Å². The number of aliphatic hydroxyl groups is 1. The topological polar surface area (TPSA) is 125 Å². The predicted molar refractivity (Wildman–Crippen MR) is 51.0 cm³/mol. The highest BCUT2D eigenvalue weighted by Crippen LogP contribution is 2.10. The summed E-state index contributed by atoms with van der Waals surface area (Å²) in [5, 5.41) is 18.1. The van der Waals surface area contributed by atoms with Gasteiger partial charge in [-0.3, -0.25) is 0 Å². The molecule has 0 aliphatic carbocycles. The fourth-order valence-corrected chi connectivity index (χ4v) is 1.17. The normalized spacial score (nSPS) is 12.5. The van der Waals surface area contributed by atoms with Crippen molar-refractivity contribution in [2.75, 3.05) is 18.9 Å². The molecule has 80 valence electrons. The maximum Gasteiger partial charge on any atom is 0.262 e. The Balaban J connectivity index is 2.70. The Morgan fingerprint density at radius 2 is 2.40 bits per heavy atom. The van der Waals surface area contributed by atoms with Gasteiger partial charge < -0.3 is 21.0 Å². The predicted octanol–water partition coefficient (Wildman–Crippen LogP) is -1.53. The molecular formula is C7H10N6O2. The van der Waals surface area contributed by atoms with Crippen LogP contribution in [0.5, 0.6) is 0 Å². The van der Waals surface area contributed by atoms with Crippen LogP contribution in [0.1, 0.15) is 0 Å². The number of nitrogens with two attached hydrogens (primary N) is 1. The quantitative estimate of drug-likeness (QED) is 0.447. The first-order chi connectivity index (χ1) is 7.24. The van der Waals surface area contributed by atoms with E-state index in [4.69, 9.17) is 10.8 Å². The number of imidazole rings is 1. The van der Waals surface area contributed by atoms with E-state index in [0.717, 1.165) is 0 Å². The van der Waals surface area contributed by atoms with Gasteiger partial charge >= 0.3 is 0 Å². The van der Waals surface area contributed by atoms with E-state index < -0.39 is 0 Å². The number of nitrogen functional groups attached to an aromatic ring is 1. The van der Waals surface area contributed by atoms with Gasteiger partial charge in [-0.1, -0.05) is 0 Å². The van der Waals surface area contributed by atoms with Crippen molar-refractivity contribution in [3.05, 3.63) is 11.9 Å². The van der Waals surface area contributed by atoms with Crippen LogP contribution < -0.4 is 11.4 Å². The summed E-state index contributed by atoms with van der Waals surface area (Å²) in [4.78, 5) is 14.4. The van der Waals surface area contributed by atoms with Gasteiger partial charge in [0.15, 0.2) is 11.5 Å². The number of fused-ring (bicyclic) bond motifs is 1. The number of hydrogen-bond acceptors (Lipinski definition) is 6. The zero-order valence-electron chi connectivity index (χ0n) is 7.75. The van der Waals surface area contributed by atoms with Crippen LogP contribution in [0.2, 0.25) is 0 Å². The molecule has 5 N–H and O–H groups in total. The lowest BCUT2D eigenvalue weighted by atomic mass is 10.5. The van der Waals surface area contributed by atoms with E-state index in [2.05, 4.69) is 19.9 Å². The Kier molecular flexibility index (Phi) is 2.26. The van der Waals surface area contributed by atoms with Gasteiger partial charge in [0.25, 0.3) is 5.62 Å². The molecule has 0 saturated carbocycles. The standard InChI is InChI=1S/C7H10N6O2/c8-5-4-6(11-3-10-4)12-7(13(5)15)9-1-2-14/h3,14-15H,1-2,8H2,(H,9,10,11,12). The first-order valence-corrected chi connectivity index (χ1v) is 4.26. The summed E-state index contributed by atoms with van der Waals surface area (Å²) >= 11 is 0. The summed E-state index contributed by atoms with van der Waals surface area (Å²) < 4.78 is 0.649. The largest absolute Gasteiger partial charge is 0.423 e. The molecule has 2 aromatic rings. The second-order valence-electron chi connectivity index (χ2n) is 2.82. The van der Waals surface area contributed by atoms with Crippen LogP contribution >= 0.6 is 0 Å². The van der Waals surface area contributed by atoms with Crippen molar-refractivity contribution >= 4 is 17.0 Å². The van der Waals surface area contributed by atoms with Gasteiger partial charge in [-0.2, -0.15) is 4.98 Å². The highest BCUT2D eigenvalue weighted by molar-refractivity contribution is 5.80. The number of hydrogen-bond donors (Lipinski definition) is 4. The lowest BCUT2D eigenvalue weighted by Crippen LogP contribution is -2.26. The number of aromatic nitrogens is 4. The minimum absolute atomic E-state index is 0.0150. The molecule has 8 heteroatoms. The Labute approximate surface area is 83.7 Å². The molecule has 2 heterocycles. The van der Waals surface area contributed by atoms with E-state index in [0.29, 0.717) is 15.9 Å². The van der Waals surface area contributed by atoms with E-state index in [1.54, 1.807) is 0 Å². The average molecular weight is 210 g/mol. The zero-order chi connectivity index (χ0) is 10.8. The van der Waals surface area contributed by atoms with Gasteiger partial charge in [0.2, 0.25) is 0 Å².